The first-order valence-electron chi connectivity index (χ1n) is 13.2. The zero-order valence-electron chi connectivity index (χ0n) is 22.6. The number of nitrogens with zero attached hydrogens (tertiary/aromatic N) is 2. The molecule has 42 heavy (non-hydrogen) atoms. The molecule has 0 atom stereocenters. The molecule has 1 aromatic heterocycles. The summed E-state index contributed by atoms with van der Waals surface area (Å²) in [5, 5.41) is 3.21. The van der Waals surface area contributed by atoms with E-state index in [9.17, 15) is 22.8 Å². The predicted octanol–water partition coefficient (Wildman–Crippen LogP) is 7.54. The fraction of sp³-hybridized carbons (Fsp3) is 0.188. The van der Waals surface area contributed by atoms with E-state index >= 15 is 0 Å². The number of carbonyl (C=O) groups is 2. The van der Waals surface area contributed by atoms with Crippen molar-refractivity contribution in [3.8, 4) is 11.3 Å². The van der Waals surface area contributed by atoms with E-state index < -0.39 is 17.6 Å². The average Bonchev–Trinajstić information content (AvgIpc) is 3.45. The van der Waals surface area contributed by atoms with Gasteiger partial charge in [0.25, 0.3) is 5.91 Å². The number of furan rings is 1. The van der Waals surface area contributed by atoms with Gasteiger partial charge >= 0.3 is 6.18 Å². The number of carbonyl (C=O) groups excluding carboxylic acids is 2. The minimum Gasteiger partial charge on any atom is -0.457 e. The van der Waals surface area contributed by atoms with Crippen molar-refractivity contribution in [2.45, 2.75) is 13.1 Å². The summed E-state index contributed by atoms with van der Waals surface area (Å²) >= 11 is 6.56. The van der Waals surface area contributed by atoms with Crippen LogP contribution in [0.15, 0.2) is 89.4 Å². The normalized spacial score (nSPS) is 13.9. The Bertz CT molecular complexity index is 1640. The molecule has 1 N–H and O–H groups in total. The van der Waals surface area contributed by atoms with Crippen LogP contribution in [0.3, 0.4) is 0 Å². The summed E-state index contributed by atoms with van der Waals surface area (Å²) in [6.45, 7) is 4.30. The molecule has 3 aromatic carbocycles. The number of halogens is 4. The molecule has 216 valence electrons. The molecule has 1 aliphatic heterocycles. The standard InChI is InChI=1S/C32H27ClF3N3O3/c1-21-5-2-3-8-26(21)31(41)39-17-15-38(16-18-39)28-12-9-24(20-27(28)33)37-30(40)14-11-25-10-13-29(42-25)22-6-4-7-23(19-22)32(34,35)36/h2-14,19-20H,15-18H2,1H3,(H,37,40)/b14-11+. The lowest BCUT2D eigenvalue weighted by Gasteiger charge is -2.36. The third-order valence-corrected chi connectivity index (χ3v) is 7.30. The van der Waals surface area contributed by atoms with Crippen molar-refractivity contribution in [3.05, 3.63) is 112 Å². The lowest BCUT2D eigenvalue weighted by atomic mass is 10.1. The number of rotatable bonds is 6. The molecule has 1 saturated heterocycles. The van der Waals surface area contributed by atoms with Crippen molar-refractivity contribution in [2.24, 2.45) is 0 Å². The highest BCUT2D eigenvalue weighted by Crippen LogP contribution is 2.33. The number of hydrogen-bond donors (Lipinski definition) is 1. The van der Waals surface area contributed by atoms with Gasteiger partial charge in [-0.25, -0.2) is 0 Å². The number of aryl methyl sites for hydroxylation is 1. The topological polar surface area (TPSA) is 65.8 Å². The summed E-state index contributed by atoms with van der Waals surface area (Å²) in [5.74, 6) is 0.153. The molecule has 2 heterocycles. The first-order chi connectivity index (χ1) is 20.1. The van der Waals surface area contributed by atoms with Gasteiger partial charge in [0.15, 0.2) is 0 Å². The fourth-order valence-electron chi connectivity index (χ4n) is 4.76. The second-order valence-electron chi connectivity index (χ2n) is 9.86. The predicted molar refractivity (Wildman–Crippen MR) is 158 cm³/mol. The van der Waals surface area contributed by atoms with E-state index in [-0.39, 0.29) is 17.2 Å². The molecule has 0 aliphatic carbocycles. The van der Waals surface area contributed by atoms with Crippen molar-refractivity contribution in [1.82, 2.24) is 4.90 Å². The van der Waals surface area contributed by atoms with Crippen LogP contribution in [0.4, 0.5) is 24.5 Å². The SMILES string of the molecule is Cc1ccccc1C(=O)N1CCN(c2ccc(NC(=O)/C=C/c3ccc(-c4cccc(C(F)(F)F)c4)o3)cc2Cl)CC1. The van der Waals surface area contributed by atoms with Crippen molar-refractivity contribution in [2.75, 3.05) is 36.4 Å². The quantitative estimate of drug-likeness (QED) is 0.235. The lowest BCUT2D eigenvalue weighted by molar-refractivity contribution is -0.137. The highest BCUT2D eigenvalue weighted by Gasteiger charge is 2.30. The van der Waals surface area contributed by atoms with Crippen LogP contribution in [0, 0.1) is 6.92 Å². The maximum atomic E-state index is 13.0. The first kappa shape index (κ1) is 29.0. The van der Waals surface area contributed by atoms with Gasteiger partial charge in [-0.1, -0.05) is 41.9 Å². The number of hydrogen-bond acceptors (Lipinski definition) is 4. The number of nitrogens with one attached hydrogen (secondary N) is 1. The zero-order valence-corrected chi connectivity index (χ0v) is 23.4. The molecule has 2 amide bonds. The summed E-state index contributed by atoms with van der Waals surface area (Å²) in [5.41, 5.74) is 2.48. The average molecular weight is 594 g/mol. The molecule has 0 radical (unpaired) electrons. The fourth-order valence-corrected chi connectivity index (χ4v) is 5.06. The van der Waals surface area contributed by atoms with Crippen molar-refractivity contribution in [1.29, 1.82) is 0 Å². The van der Waals surface area contributed by atoms with Gasteiger partial charge in [-0.3, -0.25) is 9.59 Å². The Hall–Kier alpha value is -4.50. The second-order valence-corrected chi connectivity index (χ2v) is 10.3. The van der Waals surface area contributed by atoms with E-state index in [0.29, 0.717) is 48.2 Å². The first-order valence-corrected chi connectivity index (χ1v) is 13.6. The van der Waals surface area contributed by atoms with Gasteiger partial charge in [0.05, 0.1) is 16.3 Å². The molecule has 10 heteroatoms. The third kappa shape index (κ3) is 6.69. The van der Waals surface area contributed by atoms with Crippen LogP contribution in [0.5, 0.6) is 0 Å². The lowest BCUT2D eigenvalue weighted by Crippen LogP contribution is -2.49. The summed E-state index contributed by atoms with van der Waals surface area (Å²) in [6.07, 6.45) is -1.76. The maximum Gasteiger partial charge on any atom is 0.416 e. The molecule has 5 rings (SSSR count). The second kappa shape index (κ2) is 12.2. The smallest absolute Gasteiger partial charge is 0.416 e. The van der Waals surface area contributed by atoms with Gasteiger partial charge in [0.2, 0.25) is 5.91 Å². The van der Waals surface area contributed by atoms with Crippen LogP contribution in [0.25, 0.3) is 17.4 Å². The number of piperazine rings is 1. The van der Waals surface area contributed by atoms with Gasteiger partial charge in [0.1, 0.15) is 11.5 Å². The molecular formula is C32H27ClF3N3O3. The van der Waals surface area contributed by atoms with Crippen LogP contribution < -0.4 is 10.2 Å². The molecule has 0 saturated carbocycles. The molecular weight excluding hydrogens is 567 g/mol. The molecule has 1 aliphatic rings. The van der Waals surface area contributed by atoms with Gasteiger partial charge < -0.3 is 19.5 Å². The van der Waals surface area contributed by atoms with Crippen LogP contribution in [-0.2, 0) is 11.0 Å². The number of alkyl halides is 3. The number of benzene rings is 3. The zero-order chi connectivity index (χ0) is 29.9. The Morgan fingerprint density at radius 1 is 0.929 bits per heavy atom. The highest BCUT2D eigenvalue weighted by molar-refractivity contribution is 6.33. The molecule has 0 bridgehead atoms. The van der Waals surface area contributed by atoms with Crippen LogP contribution in [0.1, 0.15) is 27.2 Å². The molecule has 4 aromatic rings. The minimum atomic E-state index is -4.46. The largest absolute Gasteiger partial charge is 0.457 e. The van der Waals surface area contributed by atoms with Gasteiger partial charge in [-0.15, -0.1) is 0 Å². The van der Waals surface area contributed by atoms with E-state index in [1.54, 1.807) is 24.3 Å². The Morgan fingerprint density at radius 3 is 2.40 bits per heavy atom. The van der Waals surface area contributed by atoms with E-state index in [4.69, 9.17) is 16.0 Å². The Morgan fingerprint density at radius 2 is 1.69 bits per heavy atom. The number of amides is 2. The molecule has 1 fully saturated rings. The molecule has 0 unspecified atom stereocenters. The van der Waals surface area contributed by atoms with E-state index in [1.807, 2.05) is 42.2 Å². The van der Waals surface area contributed by atoms with E-state index in [2.05, 4.69) is 10.2 Å². The molecule has 6 nitrogen and oxygen atoms in total. The summed E-state index contributed by atoms with van der Waals surface area (Å²) in [4.78, 5) is 29.4. The highest BCUT2D eigenvalue weighted by atomic mass is 35.5. The van der Waals surface area contributed by atoms with Gasteiger partial charge in [-0.2, -0.15) is 13.2 Å². The monoisotopic (exact) mass is 593 g/mol. The Balaban J connectivity index is 1.16. The van der Waals surface area contributed by atoms with Crippen molar-refractivity contribution < 1.29 is 27.2 Å². The van der Waals surface area contributed by atoms with Gasteiger partial charge in [0, 0.05) is 49.1 Å². The Kier molecular flexibility index (Phi) is 8.40. The molecule has 0 spiro atoms. The Labute approximate surface area is 246 Å². The minimum absolute atomic E-state index is 0.0198. The van der Waals surface area contributed by atoms with E-state index in [1.165, 1.54) is 24.3 Å². The van der Waals surface area contributed by atoms with Crippen LogP contribution in [-0.4, -0.2) is 42.9 Å². The van der Waals surface area contributed by atoms with E-state index in [0.717, 1.165) is 23.4 Å². The van der Waals surface area contributed by atoms with Gasteiger partial charge in [-0.05, 0) is 67.1 Å². The van der Waals surface area contributed by atoms with Crippen LogP contribution in [0.2, 0.25) is 5.02 Å². The summed E-state index contributed by atoms with van der Waals surface area (Å²) in [6, 6.07) is 20.7. The summed E-state index contributed by atoms with van der Waals surface area (Å²) < 4.78 is 44.7. The van der Waals surface area contributed by atoms with Crippen molar-refractivity contribution >= 4 is 40.9 Å². The number of anilines is 2. The summed E-state index contributed by atoms with van der Waals surface area (Å²) in [7, 11) is 0. The third-order valence-electron chi connectivity index (χ3n) is 7.00. The van der Waals surface area contributed by atoms with Crippen molar-refractivity contribution in [3.63, 3.8) is 0 Å². The van der Waals surface area contributed by atoms with Crippen LogP contribution >= 0.6 is 11.6 Å². The maximum absolute atomic E-state index is 13.0.